The van der Waals surface area contributed by atoms with Gasteiger partial charge < -0.3 is 10.4 Å². The Morgan fingerprint density at radius 1 is 1.29 bits per heavy atom. The zero-order valence-electron chi connectivity index (χ0n) is 10.3. The lowest BCUT2D eigenvalue weighted by molar-refractivity contribution is -0.384. The van der Waals surface area contributed by atoms with Gasteiger partial charge in [-0.1, -0.05) is 0 Å². The Bertz CT molecular complexity index is 736. The fourth-order valence-electron chi connectivity index (χ4n) is 1.58. The second-order valence-corrected chi connectivity index (χ2v) is 4.90. The molecule has 0 saturated carbocycles. The van der Waals surface area contributed by atoms with E-state index in [0.29, 0.717) is 4.47 Å². The largest absolute Gasteiger partial charge is 0.505 e. The molecule has 0 saturated heterocycles. The Morgan fingerprint density at radius 2 is 2.00 bits per heavy atom. The molecule has 2 aromatic rings. The van der Waals surface area contributed by atoms with Crippen molar-refractivity contribution in [2.24, 2.45) is 0 Å². The standard InChI is InChI=1S/C13H8BrFN2O4/c14-10-3-2-8(17(20)21)6-9(10)13(19)16-7-1-4-12(18)11(15)5-7/h1-6,18H,(H,16,19). The Kier molecular flexibility index (Phi) is 4.18. The molecule has 21 heavy (non-hydrogen) atoms. The first-order chi connectivity index (χ1) is 9.88. The molecule has 2 N–H and O–H groups in total. The van der Waals surface area contributed by atoms with Gasteiger partial charge in [-0.05, 0) is 34.1 Å². The summed E-state index contributed by atoms with van der Waals surface area (Å²) < 4.78 is 13.5. The highest BCUT2D eigenvalue weighted by atomic mass is 79.9. The van der Waals surface area contributed by atoms with Gasteiger partial charge in [-0.25, -0.2) is 4.39 Å². The third-order valence-electron chi connectivity index (χ3n) is 2.61. The lowest BCUT2D eigenvalue weighted by Gasteiger charge is -2.07. The first-order valence-electron chi connectivity index (χ1n) is 5.62. The summed E-state index contributed by atoms with van der Waals surface area (Å²) in [6, 6.07) is 7.08. The van der Waals surface area contributed by atoms with Crippen molar-refractivity contribution < 1.29 is 19.2 Å². The first-order valence-corrected chi connectivity index (χ1v) is 6.41. The van der Waals surface area contributed by atoms with Crippen molar-refractivity contribution in [1.82, 2.24) is 0 Å². The van der Waals surface area contributed by atoms with E-state index in [0.717, 1.165) is 18.2 Å². The minimum atomic E-state index is -0.883. The number of rotatable bonds is 3. The third kappa shape index (κ3) is 3.34. The van der Waals surface area contributed by atoms with Gasteiger partial charge in [0, 0.05) is 28.4 Å². The van der Waals surface area contributed by atoms with Crippen LogP contribution in [0.15, 0.2) is 40.9 Å². The van der Waals surface area contributed by atoms with Gasteiger partial charge in [0.2, 0.25) is 0 Å². The normalized spacial score (nSPS) is 10.2. The number of amides is 1. The molecule has 0 radical (unpaired) electrons. The summed E-state index contributed by atoms with van der Waals surface area (Å²) in [5, 5.41) is 22.2. The molecule has 0 aromatic heterocycles. The van der Waals surface area contributed by atoms with Gasteiger partial charge in [0.05, 0.1) is 10.5 Å². The van der Waals surface area contributed by atoms with Crippen LogP contribution >= 0.6 is 15.9 Å². The second kappa shape index (κ2) is 5.88. The Morgan fingerprint density at radius 3 is 2.62 bits per heavy atom. The topological polar surface area (TPSA) is 92.5 Å². The van der Waals surface area contributed by atoms with E-state index in [4.69, 9.17) is 5.11 Å². The van der Waals surface area contributed by atoms with Crippen molar-refractivity contribution in [3.63, 3.8) is 0 Å². The number of hydrogen-bond donors (Lipinski definition) is 2. The predicted molar refractivity (Wildman–Crippen MR) is 76.8 cm³/mol. The van der Waals surface area contributed by atoms with Gasteiger partial charge in [0.1, 0.15) is 0 Å². The summed E-state index contributed by atoms with van der Waals surface area (Å²) >= 11 is 3.12. The Hall–Kier alpha value is -2.48. The second-order valence-electron chi connectivity index (χ2n) is 4.04. The molecule has 0 aliphatic carbocycles. The summed E-state index contributed by atoms with van der Waals surface area (Å²) in [4.78, 5) is 22.1. The van der Waals surface area contributed by atoms with Crippen molar-refractivity contribution in [3.05, 3.63) is 62.4 Å². The minimum Gasteiger partial charge on any atom is -0.505 e. The van der Waals surface area contributed by atoms with Gasteiger partial charge in [0.25, 0.3) is 11.6 Å². The highest BCUT2D eigenvalue weighted by Crippen LogP contribution is 2.25. The fourth-order valence-corrected chi connectivity index (χ4v) is 2.01. The van der Waals surface area contributed by atoms with Crippen LogP contribution in [-0.2, 0) is 0 Å². The van der Waals surface area contributed by atoms with Gasteiger partial charge in [-0.15, -0.1) is 0 Å². The lowest BCUT2D eigenvalue weighted by Crippen LogP contribution is -2.13. The van der Waals surface area contributed by atoms with Gasteiger partial charge in [-0.2, -0.15) is 0 Å². The number of halogens is 2. The number of aromatic hydroxyl groups is 1. The predicted octanol–water partition coefficient (Wildman–Crippen LogP) is 3.45. The maximum absolute atomic E-state index is 13.2. The van der Waals surface area contributed by atoms with Crippen LogP contribution in [0.2, 0.25) is 0 Å². The number of nitro groups is 1. The van der Waals surface area contributed by atoms with Gasteiger partial charge in [-0.3, -0.25) is 14.9 Å². The molecule has 0 heterocycles. The number of carbonyl (C=O) groups is 1. The van der Waals surface area contributed by atoms with E-state index in [9.17, 15) is 19.3 Å². The number of hydrogen-bond acceptors (Lipinski definition) is 4. The van der Waals surface area contributed by atoms with Gasteiger partial charge >= 0.3 is 0 Å². The molecule has 8 heteroatoms. The first kappa shape index (κ1) is 14.9. The maximum Gasteiger partial charge on any atom is 0.270 e. The molecule has 6 nitrogen and oxygen atoms in total. The van der Waals surface area contributed by atoms with Crippen LogP contribution < -0.4 is 5.32 Å². The van der Waals surface area contributed by atoms with Crippen molar-refractivity contribution >= 4 is 33.2 Å². The molecule has 2 aromatic carbocycles. The molecule has 108 valence electrons. The average molecular weight is 355 g/mol. The molecule has 0 bridgehead atoms. The molecule has 0 fully saturated rings. The van der Waals surface area contributed by atoms with E-state index in [1.54, 1.807) is 0 Å². The van der Waals surface area contributed by atoms with Crippen molar-refractivity contribution in [1.29, 1.82) is 0 Å². The summed E-state index contributed by atoms with van der Waals surface area (Å²) in [7, 11) is 0. The van der Waals surface area contributed by atoms with Crippen LogP contribution in [0, 0.1) is 15.9 Å². The highest BCUT2D eigenvalue weighted by Gasteiger charge is 2.16. The van der Waals surface area contributed by atoms with E-state index < -0.39 is 22.4 Å². The lowest BCUT2D eigenvalue weighted by atomic mass is 10.2. The molecular weight excluding hydrogens is 347 g/mol. The van der Waals surface area contributed by atoms with E-state index in [2.05, 4.69) is 21.2 Å². The van der Waals surface area contributed by atoms with E-state index in [1.165, 1.54) is 18.2 Å². The highest BCUT2D eigenvalue weighted by molar-refractivity contribution is 9.10. The number of phenols is 1. The molecule has 0 spiro atoms. The van der Waals surface area contributed by atoms with Crippen molar-refractivity contribution in [3.8, 4) is 5.75 Å². The van der Waals surface area contributed by atoms with Crippen molar-refractivity contribution in [2.75, 3.05) is 5.32 Å². The molecule has 1 amide bonds. The number of nitrogens with zero attached hydrogens (tertiary/aromatic N) is 1. The Balaban J connectivity index is 2.29. The number of anilines is 1. The molecular formula is C13H8BrFN2O4. The summed E-state index contributed by atoms with van der Waals surface area (Å²) in [6.45, 7) is 0. The molecule has 0 atom stereocenters. The molecule has 0 aliphatic rings. The molecule has 2 rings (SSSR count). The molecule has 0 aliphatic heterocycles. The van der Waals surface area contributed by atoms with Crippen LogP contribution in [0.1, 0.15) is 10.4 Å². The van der Waals surface area contributed by atoms with Crippen molar-refractivity contribution in [2.45, 2.75) is 0 Å². The smallest absolute Gasteiger partial charge is 0.270 e. The summed E-state index contributed by atoms with van der Waals surface area (Å²) in [5.74, 6) is -2.06. The maximum atomic E-state index is 13.2. The van der Waals surface area contributed by atoms with Crippen LogP contribution in [0.3, 0.4) is 0 Å². The minimum absolute atomic E-state index is 0.0395. The summed E-state index contributed by atoms with van der Waals surface area (Å²) in [6.07, 6.45) is 0. The van der Waals surface area contributed by atoms with Crippen LogP contribution in [0.25, 0.3) is 0 Å². The van der Waals surface area contributed by atoms with Gasteiger partial charge in [0.15, 0.2) is 11.6 Å². The van der Waals surface area contributed by atoms with Crippen LogP contribution in [0.5, 0.6) is 5.75 Å². The fraction of sp³-hybridized carbons (Fsp3) is 0. The number of non-ortho nitro benzene ring substituents is 1. The van der Waals surface area contributed by atoms with E-state index in [-0.39, 0.29) is 16.9 Å². The third-order valence-corrected chi connectivity index (χ3v) is 3.30. The zero-order valence-corrected chi connectivity index (χ0v) is 11.9. The van der Waals surface area contributed by atoms with Crippen LogP contribution in [0.4, 0.5) is 15.8 Å². The number of carbonyl (C=O) groups excluding carboxylic acids is 1. The summed E-state index contributed by atoms with van der Waals surface area (Å²) in [5.41, 5.74) is -0.0772. The van der Waals surface area contributed by atoms with E-state index >= 15 is 0 Å². The monoisotopic (exact) mass is 354 g/mol. The number of benzene rings is 2. The molecule has 0 unspecified atom stereocenters. The SMILES string of the molecule is O=C(Nc1ccc(O)c(F)c1)c1cc([N+](=O)[O-])ccc1Br. The van der Waals surface area contributed by atoms with E-state index in [1.807, 2.05) is 0 Å². The number of phenolic OH excluding ortho intramolecular Hbond substituents is 1. The average Bonchev–Trinajstić information content (AvgIpc) is 2.43. The quantitative estimate of drug-likeness (QED) is 0.501. The zero-order chi connectivity index (χ0) is 15.6. The number of nitro benzene ring substituents is 1. The number of nitrogens with one attached hydrogen (secondary N) is 1. The van der Waals surface area contributed by atoms with Crippen LogP contribution in [-0.4, -0.2) is 15.9 Å². The Labute approximate surface area is 126 Å².